The largest absolute Gasteiger partial charge is 0.493 e. The lowest BCUT2D eigenvalue weighted by Gasteiger charge is -2.17. The van der Waals surface area contributed by atoms with Crippen molar-refractivity contribution in [2.75, 3.05) is 13.7 Å². The summed E-state index contributed by atoms with van der Waals surface area (Å²) in [6.45, 7) is 4.52. The monoisotopic (exact) mass is 454 g/mol. The lowest BCUT2D eigenvalue weighted by Crippen LogP contribution is -2.30. The number of carbonyl (C=O) groups excluding carboxylic acids is 1. The number of thiophene rings is 1. The number of aromatic nitrogens is 2. The van der Waals surface area contributed by atoms with Gasteiger partial charge in [-0.15, -0.1) is 11.3 Å². The molecule has 3 aromatic rings. The highest BCUT2D eigenvalue weighted by Gasteiger charge is 2.23. The summed E-state index contributed by atoms with van der Waals surface area (Å²) in [5, 5.41) is 4.66. The number of aryl methyl sites for hydroxylation is 1. The zero-order valence-electron chi connectivity index (χ0n) is 18.4. The lowest BCUT2D eigenvalue weighted by molar-refractivity contribution is -0.121. The molecule has 0 saturated carbocycles. The number of fused-ring (bicyclic) bond motifs is 3. The topological polar surface area (TPSA) is 94.8 Å². The molecular weight excluding hydrogens is 428 g/mol. The van der Waals surface area contributed by atoms with Gasteiger partial charge in [-0.05, 0) is 61.4 Å². The molecule has 0 fully saturated rings. The predicted molar refractivity (Wildman–Crippen MR) is 125 cm³/mol. The third-order valence-corrected chi connectivity index (χ3v) is 6.65. The molecule has 0 saturated heterocycles. The van der Waals surface area contributed by atoms with Crippen LogP contribution in [0.3, 0.4) is 0 Å². The van der Waals surface area contributed by atoms with Gasteiger partial charge in [0.1, 0.15) is 11.4 Å². The summed E-state index contributed by atoms with van der Waals surface area (Å²) < 4.78 is 12.2. The molecule has 2 heterocycles. The Labute approximate surface area is 189 Å². The van der Waals surface area contributed by atoms with Gasteiger partial charge in [0.25, 0.3) is 11.5 Å². The first-order valence-corrected chi connectivity index (χ1v) is 11.4. The van der Waals surface area contributed by atoms with E-state index in [4.69, 9.17) is 9.47 Å². The molecule has 168 valence electrons. The molecule has 2 aromatic heterocycles. The van der Waals surface area contributed by atoms with E-state index in [1.165, 1.54) is 22.0 Å². The summed E-state index contributed by atoms with van der Waals surface area (Å²) in [5.41, 5.74) is 4.15. The number of methoxy groups -OCH3 is 1. The fourth-order valence-electron chi connectivity index (χ4n) is 3.89. The van der Waals surface area contributed by atoms with E-state index < -0.39 is 5.91 Å². The van der Waals surface area contributed by atoms with E-state index in [-0.39, 0.29) is 12.1 Å². The van der Waals surface area contributed by atoms with Crippen LogP contribution in [-0.2, 0) is 24.2 Å². The van der Waals surface area contributed by atoms with Gasteiger partial charge in [-0.1, -0.05) is 6.92 Å². The van der Waals surface area contributed by atoms with Crippen molar-refractivity contribution in [2.45, 2.75) is 39.7 Å². The normalized spacial score (nSPS) is 15.7. The van der Waals surface area contributed by atoms with Crippen molar-refractivity contribution < 1.29 is 14.3 Å². The fourth-order valence-corrected chi connectivity index (χ4v) is 5.23. The van der Waals surface area contributed by atoms with E-state index in [0.29, 0.717) is 29.4 Å². The van der Waals surface area contributed by atoms with Gasteiger partial charge in [-0.2, -0.15) is 5.10 Å². The zero-order valence-corrected chi connectivity index (χ0v) is 19.2. The number of nitrogens with one attached hydrogen (secondary N) is 1. The Morgan fingerprint density at radius 2 is 2.25 bits per heavy atom. The van der Waals surface area contributed by atoms with Gasteiger partial charge in [-0.25, -0.2) is 10.4 Å². The highest BCUT2D eigenvalue weighted by molar-refractivity contribution is 7.18. The number of amides is 1. The molecule has 0 aliphatic heterocycles. The number of nitrogens with zero attached hydrogens (tertiary/aromatic N) is 3. The number of hydrogen-bond donors (Lipinski definition) is 1. The molecule has 0 radical (unpaired) electrons. The molecule has 1 aromatic carbocycles. The summed E-state index contributed by atoms with van der Waals surface area (Å²) in [6.07, 6.45) is 5.90. The number of benzene rings is 1. The van der Waals surface area contributed by atoms with Gasteiger partial charge in [-0.3, -0.25) is 14.2 Å². The Kier molecular flexibility index (Phi) is 6.55. The lowest BCUT2D eigenvalue weighted by atomic mass is 9.89. The minimum absolute atomic E-state index is 0.146. The van der Waals surface area contributed by atoms with Crippen molar-refractivity contribution in [3.05, 3.63) is 50.9 Å². The minimum Gasteiger partial charge on any atom is -0.493 e. The summed E-state index contributed by atoms with van der Waals surface area (Å²) >= 11 is 1.60. The van der Waals surface area contributed by atoms with Gasteiger partial charge >= 0.3 is 0 Å². The minimum atomic E-state index is -0.403. The molecule has 8 nitrogen and oxygen atoms in total. The molecule has 4 rings (SSSR count). The van der Waals surface area contributed by atoms with Gasteiger partial charge in [0.15, 0.2) is 11.5 Å². The van der Waals surface area contributed by atoms with Crippen molar-refractivity contribution >= 4 is 33.7 Å². The third-order valence-electron chi connectivity index (χ3n) is 5.49. The van der Waals surface area contributed by atoms with Crippen molar-refractivity contribution in [2.24, 2.45) is 11.0 Å². The zero-order chi connectivity index (χ0) is 22.7. The SMILES string of the molecule is CCOc1ccc(/C=N/NC(=O)Cn2cnc3sc4c(c3c2=O)CCC(C)C4)cc1OC. The maximum atomic E-state index is 13.0. The molecule has 1 N–H and O–H groups in total. The van der Waals surface area contributed by atoms with E-state index >= 15 is 0 Å². The van der Waals surface area contributed by atoms with E-state index in [0.717, 1.165) is 35.2 Å². The first kappa shape index (κ1) is 22.0. The van der Waals surface area contributed by atoms with Gasteiger partial charge in [0, 0.05) is 4.88 Å². The number of ether oxygens (including phenoxy) is 2. The van der Waals surface area contributed by atoms with Crippen LogP contribution < -0.4 is 20.5 Å². The van der Waals surface area contributed by atoms with Crippen molar-refractivity contribution in [3.8, 4) is 11.5 Å². The standard InChI is InChI=1S/C23H26N4O4S/c1-4-31-17-8-6-15(10-18(17)30-3)11-25-26-20(28)12-27-13-24-22-21(23(27)29)16-7-5-14(2)9-19(16)32-22/h6,8,10-11,13-14H,4-5,7,9,12H2,1-3H3,(H,26,28)/b25-11+. The summed E-state index contributed by atoms with van der Waals surface area (Å²) in [5.74, 6) is 1.45. The van der Waals surface area contributed by atoms with Crippen LogP contribution in [-0.4, -0.2) is 35.4 Å². The molecule has 1 aliphatic carbocycles. The highest BCUT2D eigenvalue weighted by Crippen LogP contribution is 2.35. The number of hydrazone groups is 1. The van der Waals surface area contributed by atoms with Gasteiger partial charge in [0.2, 0.25) is 0 Å². The van der Waals surface area contributed by atoms with Crippen molar-refractivity contribution in [1.82, 2.24) is 15.0 Å². The van der Waals surface area contributed by atoms with Crippen molar-refractivity contribution in [1.29, 1.82) is 0 Å². The smallest absolute Gasteiger partial charge is 0.262 e. The molecular formula is C23H26N4O4S. The van der Waals surface area contributed by atoms with Crippen molar-refractivity contribution in [3.63, 3.8) is 0 Å². The highest BCUT2D eigenvalue weighted by atomic mass is 32.1. The van der Waals surface area contributed by atoms with Crippen LogP contribution in [0.5, 0.6) is 11.5 Å². The maximum absolute atomic E-state index is 13.0. The second kappa shape index (κ2) is 9.52. The Balaban J connectivity index is 1.45. The van der Waals surface area contributed by atoms with Crippen LogP contribution >= 0.6 is 11.3 Å². The molecule has 1 aliphatic rings. The summed E-state index contributed by atoms with van der Waals surface area (Å²) in [4.78, 5) is 31.8. The van der Waals surface area contributed by atoms with E-state index in [9.17, 15) is 9.59 Å². The maximum Gasteiger partial charge on any atom is 0.262 e. The average Bonchev–Trinajstić information content (AvgIpc) is 3.15. The summed E-state index contributed by atoms with van der Waals surface area (Å²) in [7, 11) is 1.56. The molecule has 1 amide bonds. The van der Waals surface area contributed by atoms with E-state index in [2.05, 4.69) is 22.4 Å². The number of hydrogen-bond acceptors (Lipinski definition) is 7. The van der Waals surface area contributed by atoms with Crippen LogP contribution in [0.2, 0.25) is 0 Å². The fraction of sp³-hybridized carbons (Fsp3) is 0.391. The molecule has 32 heavy (non-hydrogen) atoms. The Morgan fingerprint density at radius 1 is 1.41 bits per heavy atom. The average molecular weight is 455 g/mol. The predicted octanol–water partition coefficient (Wildman–Crippen LogP) is 3.14. The first-order valence-electron chi connectivity index (χ1n) is 10.6. The van der Waals surface area contributed by atoms with Crippen LogP contribution in [0.4, 0.5) is 0 Å². The quantitative estimate of drug-likeness (QED) is 0.437. The molecule has 0 spiro atoms. The van der Waals surface area contributed by atoms with Gasteiger partial charge in [0.05, 0.1) is 31.6 Å². The Morgan fingerprint density at radius 3 is 3.03 bits per heavy atom. The van der Waals surface area contributed by atoms with Crippen LogP contribution in [0.25, 0.3) is 10.2 Å². The molecule has 1 atom stereocenters. The summed E-state index contributed by atoms with van der Waals surface area (Å²) in [6, 6.07) is 5.36. The molecule has 1 unspecified atom stereocenters. The molecule has 0 bridgehead atoms. The van der Waals surface area contributed by atoms with E-state index in [1.807, 2.05) is 13.0 Å². The number of carbonyl (C=O) groups is 1. The number of rotatable bonds is 7. The van der Waals surface area contributed by atoms with Crippen LogP contribution in [0.1, 0.15) is 36.3 Å². The third kappa shape index (κ3) is 4.52. The van der Waals surface area contributed by atoms with Crippen LogP contribution in [0, 0.1) is 5.92 Å². The van der Waals surface area contributed by atoms with Crippen LogP contribution in [0.15, 0.2) is 34.4 Å². The Bertz CT molecular complexity index is 1230. The Hall–Kier alpha value is -3.20. The van der Waals surface area contributed by atoms with E-state index in [1.54, 1.807) is 30.6 Å². The molecule has 9 heteroatoms. The van der Waals surface area contributed by atoms with Gasteiger partial charge < -0.3 is 9.47 Å². The first-order chi connectivity index (χ1) is 15.5. The second-order valence-corrected chi connectivity index (χ2v) is 8.93. The second-order valence-electron chi connectivity index (χ2n) is 7.85.